The molecule has 0 bridgehead atoms. The molecular weight excluding hydrogens is 432 g/mol. The van der Waals surface area contributed by atoms with E-state index in [0.29, 0.717) is 37.3 Å². The number of imidazole rings is 1. The normalized spacial score (nSPS) is 13.8. The number of esters is 1. The average molecular weight is 467 g/mol. The Balaban J connectivity index is 2.21. The number of nitrogens with one attached hydrogen (secondary N) is 1. The summed E-state index contributed by atoms with van der Waals surface area (Å²) in [4.78, 5) is 29.4. The van der Waals surface area contributed by atoms with Gasteiger partial charge in [0.05, 0.1) is 23.0 Å². The van der Waals surface area contributed by atoms with Gasteiger partial charge in [-0.05, 0) is 31.5 Å². The number of aryl methyl sites for hydroxylation is 2. The number of benzene rings is 1. The van der Waals surface area contributed by atoms with E-state index < -0.39 is 21.5 Å². The predicted molar refractivity (Wildman–Crippen MR) is 123 cm³/mol. The minimum absolute atomic E-state index is 0.137. The Bertz CT molecular complexity index is 1080. The van der Waals surface area contributed by atoms with Crippen LogP contribution < -0.4 is 5.32 Å². The minimum Gasteiger partial charge on any atom is -0.467 e. The van der Waals surface area contributed by atoms with Gasteiger partial charge in [0.25, 0.3) is 0 Å². The summed E-state index contributed by atoms with van der Waals surface area (Å²) in [5, 5.41) is 2.79. The molecule has 1 N–H and O–H groups in total. The number of amides is 1. The largest absolute Gasteiger partial charge is 0.467 e. The number of fused-ring (bicyclic) bond motifs is 1. The molecule has 10 heteroatoms. The van der Waals surface area contributed by atoms with Crippen molar-refractivity contribution in [2.45, 2.75) is 63.8 Å². The molecule has 0 saturated carbocycles. The topological polar surface area (TPSA) is 111 Å². The van der Waals surface area contributed by atoms with Crippen molar-refractivity contribution in [1.29, 1.82) is 0 Å². The van der Waals surface area contributed by atoms with Crippen LogP contribution in [0.4, 0.5) is 0 Å². The number of ether oxygens (including phenoxy) is 1. The number of hydrogen-bond donors (Lipinski definition) is 1. The zero-order chi connectivity index (χ0) is 24.1. The van der Waals surface area contributed by atoms with E-state index in [-0.39, 0.29) is 17.2 Å². The molecule has 1 aromatic heterocycles. The molecule has 0 aliphatic carbocycles. The van der Waals surface area contributed by atoms with Crippen molar-refractivity contribution < 1.29 is 22.7 Å². The summed E-state index contributed by atoms with van der Waals surface area (Å²) in [7, 11) is -0.450. The molecule has 1 aromatic carbocycles. The van der Waals surface area contributed by atoms with Crippen LogP contribution in [-0.2, 0) is 37.8 Å². The summed E-state index contributed by atoms with van der Waals surface area (Å²) >= 11 is 0. The Morgan fingerprint density at radius 1 is 1.22 bits per heavy atom. The summed E-state index contributed by atoms with van der Waals surface area (Å²) in [5.74, 6) is -0.0941. The lowest BCUT2D eigenvalue weighted by atomic mass is 9.96. The molecule has 0 fully saturated rings. The van der Waals surface area contributed by atoms with Crippen LogP contribution in [0.5, 0.6) is 0 Å². The van der Waals surface area contributed by atoms with Crippen LogP contribution in [0.1, 0.15) is 52.8 Å². The van der Waals surface area contributed by atoms with Gasteiger partial charge in [-0.25, -0.2) is 18.2 Å². The smallest absolute Gasteiger partial charge is 0.331 e. The molecule has 0 aliphatic rings. The van der Waals surface area contributed by atoms with Gasteiger partial charge in [-0.15, -0.1) is 0 Å². The van der Waals surface area contributed by atoms with Crippen LogP contribution in [0, 0.1) is 0 Å². The number of carbonyl (C=O) groups excluding carboxylic acids is 2. The van der Waals surface area contributed by atoms with Crippen molar-refractivity contribution in [1.82, 2.24) is 19.2 Å². The summed E-state index contributed by atoms with van der Waals surface area (Å²) in [6, 6.07) is 4.89. The van der Waals surface area contributed by atoms with E-state index in [9.17, 15) is 18.0 Å². The first kappa shape index (κ1) is 25.8. The molecule has 1 amide bonds. The molecule has 1 heterocycles. The highest BCUT2D eigenvalue weighted by molar-refractivity contribution is 7.89. The molecule has 0 aliphatic heterocycles. The summed E-state index contributed by atoms with van der Waals surface area (Å²) in [6.45, 7) is 7.98. The second kappa shape index (κ2) is 10.4. The fourth-order valence-electron chi connectivity index (χ4n) is 3.86. The molecule has 2 rings (SSSR count). The molecule has 32 heavy (non-hydrogen) atoms. The van der Waals surface area contributed by atoms with Gasteiger partial charge in [-0.1, -0.05) is 27.2 Å². The van der Waals surface area contributed by atoms with Crippen molar-refractivity contribution in [3.05, 3.63) is 24.0 Å². The summed E-state index contributed by atoms with van der Waals surface area (Å²) in [6.07, 6.45) is 1.67. The summed E-state index contributed by atoms with van der Waals surface area (Å²) < 4.78 is 33.7. The van der Waals surface area contributed by atoms with Crippen LogP contribution in [0.25, 0.3) is 11.0 Å². The zero-order valence-electron chi connectivity index (χ0n) is 19.8. The van der Waals surface area contributed by atoms with Crippen LogP contribution in [0.2, 0.25) is 0 Å². The van der Waals surface area contributed by atoms with E-state index in [4.69, 9.17) is 4.74 Å². The highest BCUT2D eigenvalue weighted by Crippen LogP contribution is 2.23. The van der Waals surface area contributed by atoms with Crippen LogP contribution >= 0.6 is 0 Å². The SMILES string of the molecule is CCCC(C)(NC(=O)CCc1nc2cc(S(=O)(=O)N(CC)CC)ccc2n1C)C(=O)OC. The molecule has 178 valence electrons. The van der Waals surface area contributed by atoms with Crippen molar-refractivity contribution in [2.24, 2.45) is 7.05 Å². The van der Waals surface area contributed by atoms with Crippen LogP contribution in [-0.4, -0.2) is 59.9 Å². The van der Waals surface area contributed by atoms with E-state index >= 15 is 0 Å². The molecule has 0 saturated heterocycles. The van der Waals surface area contributed by atoms with E-state index in [1.807, 2.05) is 18.5 Å². The Hall–Kier alpha value is -2.46. The van der Waals surface area contributed by atoms with E-state index in [0.717, 1.165) is 11.9 Å². The third-order valence-corrected chi connectivity index (χ3v) is 7.71. The van der Waals surface area contributed by atoms with Crippen molar-refractivity contribution in [3.63, 3.8) is 0 Å². The van der Waals surface area contributed by atoms with Crippen molar-refractivity contribution in [2.75, 3.05) is 20.2 Å². The molecular formula is C22H34N4O5S. The van der Waals surface area contributed by atoms with E-state index in [1.54, 1.807) is 39.0 Å². The zero-order valence-corrected chi connectivity index (χ0v) is 20.6. The highest BCUT2D eigenvalue weighted by Gasteiger charge is 2.35. The lowest BCUT2D eigenvalue weighted by molar-refractivity contribution is -0.150. The predicted octanol–water partition coefficient (Wildman–Crippen LogP) is 2.38. The molecule has 9 nitrogen and oxygen atoms in total. The van der Waals surface area contributed by atoms with Gasteiger partial charge in [0, 0.05) is 33.0 Å². The third kappa shape index (κ3) is 5.29. The maximum Gasteiger partial charge on any atom is 0.331 e. The average Bonchev–Trinajstić information content (AvgIpc) is 3.07. The lowest BCUT2D eigenvalue weighted by Crippen LogP contribution is -2.52. The quantitative estimate of drug-likeness (QED) is 0.509. The van der Waals surface area contributed by atoms with Crippen molar-refractivity contribution >= 4 is 32.9 Å². The Kier molecular flexibility index (Phi) is 8.41. The number of methoxy groups -OCH3 is 1. The van der Waals surface area contributed by atoms with Gasteiger partial charge in [0.15, 0.2) is 0 Å². The number of nitrogens with zero attached hydrogens (tertiary/aromatic N) is 3. The van der Waals surface area contributed by atoms with E-state index in [1.165, 1.54) is 11.4 Å². The second-order valence-electron chi connectivity index (χ2n) is 7.95. The monoisotopic (exact) mass is 466 g/mol. The number of sulfonamides is 1. The first-order valence-electron chi connectivity index (χ1n) is 10.9. The Morgan fingerprint density at radius 2 is 1.88 bits per heavy atom. The van der Waals surface area contributed by atoms with Gasteiger partial charge >= 0.3 is 5.97 Å². The lowest BCUT2D eigenvalue weighted by Gasteiger charge is -2.27. The second-order valence-corrected chi connectivity index (χ2v) is 9.89. The molecule has 0 radical (unpaired) electrons. The maximum atomic E-state index is 12.8. The van der Waals surface area contributed by atoms with Gasteiger partial charge in [0.2, 0.25) is 15.9 Å². The fourth-order valence-corrected chi connectivity index (χ4v) is 5.34. The first-order valence-corrected chi connectivity index (χ1v) is 12.3. The van der Waals surface area contributed by atoms with Gasteiger partial charge in [-0.2, -0.15) is 4.31 Å². The fraction of sp³-hybridized carbons (Fsp3) is 0.591. The third-order valence-electron chi connectivity index (χ3n) is 5.66. The number of aromatic nitrogens is 2. The van der Waals surface area contributed by atoms with Crippen molar-refractivity contribution in [3.8, 4) is 0 Å². The van der Waals surface area contributed by atoms with Crippen LogP contribution in [0.15, 0.2) is 23.1 Å². The number of carbonyl (C=O) groups is 2. The standard InChI is InChI=1S/C22H34N4O5S/c1-7-14-22(4,21(28)31-6)24-20(27)13-12-19-23-17-15-16(10-11-18(17)25(19)5)32(29,30)26(8-2)9-3/h10-11,15H,7-9,12-14H2,1-6H3,(H,24,27). The molecule has 1 unspecified atom stereocenters. The first-order chi connectivity index (χ1) is 15.0. The molecule has 0 spiro atoms. The molecule has 1 atom stereocenters. The van der Waals surface area contributed by atoms with Gasteiger partial charge in [0.1, 0.15) is 11.4 Å². The Labute approximate surface area is 190 Å². The van der Waals surface area contributed by atoms with Crippen LogP contribution in [0.3, 0.4) is 0 Å². The van der Waals surface area contributed by atoms with Gasteiger partial charge in [-0.3, -0.25) is 4.79 Å². The van der Waals surface area contributed by atoms with Gasteiger partial charge < -0.3 is 14.6 Å². The Morgan fingerprint density at radius 3 is 2.44 bits per heavy atom. The number of rotatable bonds is 11. The highest BCUT2D eigenvalue weighted by atomic mass is 32.2. The number of hydrogen-bond acceptors (Lipinski definition) is 6. The minimum atomic E-state index is -3.58. The molecule has 2 aromatic rings. The maximum absolute atomic E-state index is 12.8. The van der Waals surface area contributed by atoms with E-state index in [2.05, 4.69) is 10.3 Å². The summed E-state index contributed by atoms with van der Waals surface area (Å²) in [5.41, 5.74) is 0.270.